The number of fused-ring (bicyclic) bond motifs is 1. The van der Waals surface area contributed by atoms with Crippen molar-refractivity contribution in [3.05, 3.63) is 69.4 Å². The van der Waals surface area contributed by atoms with E-state index < -0.39 is 0 Å². The molecule has 4 rings (SSSR count). The van der Waals surface area contributed by atoms with Gasteiger partial charge in [0.05, 0.1) is 16.1 Å². The molecule has 28 heavy (non-hydrogen) atoms. The van der Waals surface area contributed by atoms with Crippen LogP contribution in [0.2, 0.25) is 0 Å². The second-order valence-electron chi connectivity index (χ2n) is 6.70. The first-order valence-electron chi connectivity index (χ1n) is 9.18. The van der Waals surface area contributed by atoms with Crippen molar-refractivity contribution in [3.8, 4) is 0 Å². The van der Waals surface area contributed by atoms with Crippen molar-refractivity contribution in [1.82, 2.24) is 25.0 Å². The van der Waals surface area contributed by atoms with E-state index in [1.807, 2.05) is 34.1 Å². The fourth-order valence-corrected chi connectivity index (χ4v) is 4.18. The number of hydrogen-bond acceptors (Lipinski definition) is 5. The Morgan fingerprint density at radius 2 is 2.18 bits per heavy atom. The number of hydrogen-bond donors (Lipinski definition) is 1. The Morgan fingerprint density at radius 3 is 2.93 bits per heavy atom. The highest BCUT2D eigenvalue weighted by Crippen LogP contribution is 2.24. The van der Waals surface area contributed by atoms with Crippen LogP contribution >= 0.6 is 11.3 Å². The minimum atomic E-state index is -0.146. The number of rotatable bonds is 5. The van der Waals surface area contributed by atoms with E-state index in [1.54, 1.807) is 24.5 Å². The van der Waals surface area contributed by atoms with Gasteiger partial charge in [-0.25, -0.2) is 0 Å². The van der Waals surface area contributed by atoms with Crippen LogP contribution < -0.4 is 5.32 Å². The van der Waals surface area contributed by atoms with Crippen molar-refractivity contribution in [2.45, 2.75) is 19.4 Å². The number of nitrogens with one attached hydrogen (secondary N) is 1. The molecular weight excluding hydrogens is 374 g/mol. The molecule has 1 aliphatic rings. The first-order valence-corrected chi connectivity index (χ1v) is 10.1. The number of carbonyl (C=O) groups is 2. The average Bonchev–Trinajstić information content (AvgIpc) is 3.37. The van der Waals surface area contributed by atoms with E-state index in [9.17, 15) is 9.59 Å². The second kappa shape index (κ2) is 7.93. The van der Waals surface area contributed by atoms with E-state index in [0.29, 0.717) is 31.6 Å². The van der Waals surface area contributed by atoms with Gasteiger partial charge >= 0.3 is 0 Å². The van der Waals surface area contributed by atoms with E-state index in [-0.39, 0.29) is 11.8 Å². The highest BCUT2D eigenvalue weighted by atomic mass is 32.1. The summed E-state index contributed by atoms with van der Waals surface area (Å²) in [7, 11) is 1.94. The van der Waals surface area contributed by atoms with Crippen molar-refractivity contribution < 1.29 is 9.59 Å². The number of thiophene rings is 1. The third kappa shape index (κ3) is 3.68. The normalized spacial score (nSPS) is 13.2. The number of nitrogens with zero attached hydrogens (tertiary/aromatic N) is 4. The number of amides is 2. The summed E-state index contributed by atoms with van der Waals surface area (Å²) in [6.45, 7) is 1.74. The van der Waals surface area contributed by atoms with Gasteiger partial charge in [-0.1, -0.05) is 6.07 Å². The zero-order chi connectivity index (χ0) is 19.5. The van der Waals surface area contributed by atoms with E-state index >= 15 is 0 Å². The molecule has 144 valence electrons. The van der Waals surface area contributed by atoms with Crippen LogP contribution in [0.25, 0.3) is 0 Å². The lowest BCUT2D eigenvalue weighted by Gasteiger charge is -2.27. The van der Waals surface area contributed by atoms with Gasteiger partial charge < -0.3 is 10.2 Å². The molecule has 0 fully saturated rings. The zero-order valence-electron chi connectivity index (χ0n) is 15.6. The molecule has 0 aromatic carbocycles. The van der Waals surface area contributed by atoms with Crippen LogP contribution in [0, 0.1) is 0 Å². The molecule has 1 aliphatic heterocycles. The first-order chi connectivity index (χ1) is 13.6. The Hall–Kier alpha value is -3.00. The van der Waals surface area contributed by atoms with Gasteiger partial charge in [0.15, 0.2) is 0 Å². The molecule has 4 heterocycles. The van der Waals surface area contributed by atoms with E-state index in [4.69, 9.17) is 0 Å². The maximum atomic E-state index is 12.7. The molecule has 1 N–H and O–H groups in total. The Bertz CT molecular complexity index is 982. The highest BCUT2D eigenvalue weighted by molar-refractivity contribution is 7.12. The van der Waals surface area contributed by atoms with Crippen LogP contribution in [0.15, 0.2) is 42.0 Å². The molecule has 0 saturated carbocycles. The Morgan fingerprint density at radius 1 is 1.29 bits per heavy atom. The number of carbonyl (C=O) groups excluding carboxylic acids is 2. The van der Waals surface area contributed by atoms with E-state index in [1.165, 1.54) is 17.0 Å². The van der Waals surface area contributed by atoms with Crippen molar-refractivity contribution in [3.63, 3.8) is 0 Å². The van der Waals surface area contributed by atoms with Crippen molar-refractivity contribution in [2.75, 3.05) is 13.1 Å². The minimum absolute atomic E-state index is 0.0698. The summed E-state index contributed by atoms with van der Waals surface area (Å²) in [4.78, 5) is 31.5. The topological polar surface area (TPSA) is 80.1 Å². The third-order valence-corrected chi connectivity index (χ3v) is 5.77. The first kappa shape index (κ1) is 18.4. The molecule has 0 unspecified atom stereocenters. The van der Waals surface area contributed by atoms with Crippen LogP contribution in [0.5, 0.6) is 0 Å². The van der Waals surface area contributed by atoms with E-state index in [2.05, 4.69) is 15.4 Å². The highest BCUT2D eigenvalue weighted by Gasteiger charge is 2.27. The largest absolute Gasteiger partial charge is 0.352 e. The minimum Gasteiger partial charge on any atom is -0.352 e. The molecule has 0 radical (unpaired) electrons. The van der Waals surface area contributed by atoms with Gasteiger partial charge in [0.2, 0.25) is 0 Å². The molecule has 2 amide bonds. The predicted octanol–water partition coefficient (Wildman–Crippen LogP) is 2.05. The summed E-state index contributed by atoms with van der Waals surface area (Å²) in [5, 5.41) is 9.47. The van der Waals surface area contributed by atoms with Crippen LogP contribution in [-0.4, -0.2) is 44.6 Å². The lowest BCUT2D eigenvalue weighted by Crippen LogP contribution is -2.36. The van der Waals surface area contributed by atoms with Gasteiger partial charge in [-0.2, -0.15) is 5.10 Å². The van der Waals surface area contributed by atoms with Crippen LogP contribution in [0.1, 0.15) is 37.0 Å². The summed E-state index contributed by atoms with van der Waals surface area (Å²) in [6.07, 6.45) is 4.60. The van der Waals surface area contributed by atoms with Gasteiger partial charge in [-0.05, 0) is 23.6 Å². The smallest absolute Gasteiger partial charge is 0.264 e. The molecule has 0 bridgehead atoms. The number of aromatic nitrogens is 3. The molecule has 0 spiro atoms. The third-order valence-electron chi connectivity index (χ3n) is 4.92. The van der Waals surface area contributed by atoms with Crippen LogP contribution in [0.3, 0.4) is 0 Å². The number of aryl methyl sites for hydroxylation is 1. The molecule has 3 aromatic rings. The quantitative estimate of drug-likeness (QED) is 0.717. The van der Waals surface area contributed by atoms with Crippen LogP contribution in [-0.2, 0) is 26.4 Å². The Kier molecular flexibility index (Phi) is 5.21. The van der Waals surface area contributed by atoms with Gasteiger partial charge in [-0.15, -0.1) is 11.3 Å². The summed E-state index contributed by atoms with van der Waals surface area (Å²) < 4.78 is 1.90. The SMILES string of the molecule is Cn1nc(CCNC(=O)c2cccnc2)c2c1CCN(C(=O)c1cccs1)C2. The van der Waals surface area contributed by atoms with Gasteiger partial charge in [0.25, 0.3) is 11.8 Å². The maximum absolute atomic E-state index is 12.7. The lowest BCUT2D eigenvalue weighted by atomic mass is 10.0. The molecule has 0 saturated heterocycles. The second-order valence-corrected chi connectivity index (χ2v) is 7.64. The molecule has 0 atom stereocenters. The van der Waals surface area contributed by atoms with Crippen LogP contribution in [0.4, 0.5) is 0 Å². The molecule has 8 heteroatoms. The van der Waals surface area contributed by atoms with Crippen molar-refractivity contribution >= 4 is 23.2 Å². The molecule has 3 aromatic heterocycles. The fraction of sp³-hybridized carbons (Fsp3) is 0.300. The Labute approximate surface area is 167 Å². The summed E-state index contributed by atoms with van der Waals surface area (Å²) >= 11 is 1.47. The van der Waals surface area contributed by atoms with E-state index in [0.717, 1.165) is 22.6 Å². The summed E-state index contributed by atoms with van der Waals surface area (Å²) in [5.74, 6) is -0.0762. The summed E-state index contributed by atoms with van der Waals surface area (Å²) in [5.41, 5.74) is 3.75. The lowest BCUT2D eigenvalue weighted by molar-refractivity contribution is 0.0738. The van der Waals surface area contributed by atoms with Crippen molar-refractivity contribution in [2.24, 2.45) is 7.05 Å². The monoisotopic (exact) mass is 395 g/mol. The molecule has 7 nitrogen and oxygen atoms in total. The standard InChI is InChI=1S/C20H21N5O2S/c1-24-17-7-10-25(20(27)18-5-3-11-28-18)13-15(17)16(23-24)6-9-22-19(26)14-4-2-8-21-12-14/h2-5,8,11-12H,6-7,9-10,13H2,1H3,(H,22,26). The van der Waals surface area contributed by atoms with Gasteiger partial charge in [0, 0.05) is 63.2 Å². The fourth-order valence-electron chi connectivity index (χ4n) is 3.49. The molecule has 0 aliphatic carbocycles. The maximum Gasteiger partial charge on any atom is 0.264 e. The summed E-state index contributed by atoms with van der Waals surface area (Å²) in [6, 6.07) is 7.23. The molecular formula is C20H21N5O2S. The average molecular weight is 395 g/mol. The zero-order valence-corrected chi connectivity index (χ0v) is 16.4. The van der Waals surface area contributed by atoms with Crippen molar-refractivity contribution in [1.29, 1.82) is 0 Å². The van der Waals surface area contributed by atoms with Gasteiger partial charge in [0.1, 0.15) is 0 Å². The Balaban J connectivity index is 1.42. The number of pyridine rings is 1. The predicted molar refractivity (Wildman–Crippen MR) is 106 cm³/mol. The van der Waals surface area contributed by atoms with Gasteiger partial charge in [-0.3, -0.25) is 19.3 Å².